The molecule has 0 fully saturated rings. The average Bonchev–Trinajstić information content (AvgIpc) is 4.00. The second-order valence-corrected chi connectivity index (χ2v) is 13.9. The molecule has 4 aromatic carbocycles. The molecule has 0 saturated heterocycles. The fourth-order valence-electron chi connectivity index (χ4n) is 7.91. The molecule has 56 heavy (non-hydrogen) atoms. The van der Waals surface area contributed by atoms with Crippen LogP contribution in [-0.4, -0.2) is 19.9 Å². The fourth-order valence-corrected chi connectivity index (χ4v) is 7.91. The molecular formula is C44H40N12. The van der Waals surface area contributed by atoms with Crippen molar-refractivity contribution in [1.29, 1.82) is 0 Å². The number of anilines is 8. The molecule has 12 nitrogen and oxygen atoms in total. The monoisotopic (exact) mass is 736 g/mol. The van der Waals surface area contributed by atoms with Gasteiger partial charge in [-0.1, -0.05) is 24.3 Å². The second kappa shape index (κ2) is 12.8. The number of benzene rings is 4. The molecule has 1 aliphatic rings. The normalized spacial score (nSPS) is 12.7. The molecule has 0 unspecified atom stereocenters. The Morgan fingerprint density at radius 1 is 0.232 bits per heavy atom. The van der Waals surface area contributed by atoms with Crippen molar-refractivity contribution < 1.29 is 0 Å². The Labute approximate surface area is 320 Å². The summed E-state index contributed by atoms with van der Waals surface area (Å²) < 4.78 is 0. The Balaban J connectivity index is 1.50. The van der Waals surface area contributed by atoms with E-state index in [0.717, 1.165) is 66.5 Å². The lowest BCUT2D eigenvalue weighted by molar-refractivity contribution is 1.19. The summed E-state index contributed by atoms with van der Waals surface area (Å²) in [5.41, 5.74) is 66.4. The first-order chi connectivity index (χ1) is 27.1. The van der Waals surface area contributed by atoms with Gasteiger partial charge < -0.3 is 65.8 Å². The maximum atomic E-state index is 6.72. The Bertz CT molecular complexity index is 2640. The van der Waals surface area contributed by atoms with Crippen molar-refractivity contribution in [3.63, 3.8) is 0 Å². The van der Waals surface area contributed by atoms with Crippen LogP contribution in [0.4, 0.5) is 45.5 Å². The molecule has 0 aliphatic carbocycles. The fraction of sp³-hybridized carbons (Fsp3) is 0. The average molecular weight is 737 g/mol. The van der Waals surface area contributed by atoms with E-state index in [1.807, 2.05) is 121 Å². The summed E-state index contributed by atoms with van der Waals surface area (Å²) in [6, 6.07) is 37.9. The van der Waals surface area contributed by atoms with E-state index < -0.39 is 0 Å². The zero-order valence-corrected chi connectivity index (χ0v) is 30.2. The second-order valence-electron chi connectivity index (χ2n) is 13.9. The molecule has 276 valence electrons. The third-order valence-electron chi connectivity index (χ3n) is 10.4. The summed E-state index contributed by atoms with van der Waals surface area (Å²) in [5.74, 6) is 0. The lowest BCUT2D eigenvalue weighted by atomic mass is 9.98. The van der Waals surface area contributed by atoms with Crippen molar-refractivity contribution in [2.24, 2.45) is 0 Å². The Hall–Kier alpha value is -8.12. The van der Waals surface area contributed by atoms with Gasteiger partial charge in [-0.3, -0.25) is 0 Å². The first kappa shape index (κ1) is 33.7. The molecule has 0 radical (unpaired) electrons. The van der Waals surface area contributed by atoms with E-state index in [4.69, 9.17) is 45.9 Å². The molecule has 5 heterocycles. The van der Waals surface area contributed by atoms with Crippen LogP contribution < -0.4 is 67.3 Å². The third-order valence-corrected chi connectivity index (χ3v) is 10.4. The largest absolute Gasteiger partial charge is 0.398 e. The first-order valence-electron chi connectivity index (χ1n) is 17.9. The summed E-state index contributed by atoms with van der Waals surface area (Å²) in [6.07, 6.45) is 0. The number of hydrogen-bond acceptors (Lipinski definition) is 8. The van der Waals surface area contributed by atoms with Crippen molar-refractivity contribution in [3.05, 3.63) is 188 Å². The molecular weight excluding hydrogens is 697 g/mol. The molecule has 9 rings (SSSR count). The molecule has 0 saturated carbocycles. The number of rotatable bonds is 4. The van der Waals surface area contributed by atoms with Gasteiger partial charge in [0.05, 0.1) is 0 Å². The number of nitrogen functional groups attached to an aromatic ring is 8. The van der Waals surface area contributed by atoms with Gasteiger partial charge in [0.15, 0.2) is 0 Å². The number of fused-ring (bicyclic) bond motifs is 8. The van der Waals surface area contributed by atoms with Crippen LogP contribution in [0.3, 0.4) is 0 Å². The Morgan fingerprint density at radius 3 is 0.625 bits per heavy atom. The van der Waals surface area contributed by atoms with Crippen LogP contribution in [0.1, 0.15) is 45.0 Å². The highest BCUT2D eigenvalue weighted by atomic mass is 14.8. The number of aromatic amines is 4. The molecule has 4 aromatic heterocycles. The highest BCUT2D eigenvalue weighted by molar-refractivity contribution is 5.95. The first-order valence-corrected chi connectivity index (χ1v) is 17.9. The van der Waals surface area contributed by atoms with Crippen molar-refractivity contribution in [2.45, 2.75) is 0 Å². The minimum atomic E-state index is 0.508. The molecule has 8 bridgehead atoms. The predicted molar refractivity (Wildman–Crippen MR) is 229 cm³/mol. The van der Waals surface area contributed by atoms with Crippen molar-refractivity contribution in [3.8, 4) is 0 Å². The van der Waals surface area contributed by atoms with E-state index in [2.05, 4.69) is 19.9 Å². The van der Waals surface area contributed by atoms with Crippen LogP contribution in [0.25, 0.3) is 22.3 Å². The quantitative estimate of drug-likeness (QED) is 0.119. The Morgan fingerprint density at radius 2 is 0.429 bits per heavy atom. The van der Waals surface area contributed by atoms with Crippen LogP contribution in [0.2, 0.25) is 0 Å². The molecule has 20 N–H and O–H groups in total. The predicted octanol–water partition coefficient (Wildman–Crippen LogP) is 2.96. The molecule has 8 aromatic rings. The van der Waals surface area contributed by atoms with Crippen LogP contribution >= 0.6 is 0 Å². The topological polar surface area (TPSA) is 271 Å². The summed E-state index contributed by atoms with van der Waals surface area (Å²) in [5, 5.41) is 2.95. The van der Waals surface area contributed by atoms with E-state index in [1.54, 1.807) is 0 Å². The smallest absolute Gasteiger partial charge is 0.0487 e. The zero-order valence-electron chi connectivity index (χ0n) is 30.2. The van der Waals surface area contributed by atoms with Crippen LogP contribution in [0.5, 0.6) is 0 Å². The third kappa shape index (κ3) is 5.31. The standard InChI is InChI=1S/C44H40N12/c45-21-5-1-6-22(46)37(21)41-29-13-15-31(53-29)42(38-23(47)7-2-8-24(38)48)33-17-19-35(55-33)44(40-27(51)11-4-12-28(40)52)36-20-18-34(56-36)43(32-16-14-30(41)54-32)39-25(49)9-3-10-26(39)50/h1-20,53-56H,45-52H2. The SMILES string of the molecule is Nc1cccc(N)c1C1=c2ccc([nH]2)=C(c2c(N)cccc2N)c2ccc([nH]2)C(c2c(N)cccc2N)=c2ccc([nH]2)=C(c2c(N)cccc2N)c2ccc1[nH]2. The van der Waals surface area contributed by atoms with Gasteiger partial charge in [0.25, 0.3) is 0 Å². The zero-order chi connectivity index (χ0) is 38.8. The molecule has 1 aliphatic heterocycles. The highest BCUT2D eigenvalue weighted by Gasteiger charge is 2.23. The summed E-state index contributed by atoms with van der Waals surface area (Å²) in [4.78, 5) is 14.7. The van der Waals surface area contributed by atoms with Crippen LogP contribution in [-0.2, 0) is 0 Å². The lowest BCUT2D eigenvalue weighted by Gasteiger charge is -2.15. The molecule has 0 amide bonds. The van der Waals surface area contributed by atoms with Crippen LogP contribution in [0, 0.1) is 0 Å². The number of nitrogens with one attached hydrogen (secondary N) is 4. The van der Waals surface area contributed by atoms with E-state index >= 15 is 0 Å². The maximum Gasteiger partial charge on any atom is 0.0487 e. The Kier molecular flexibility index (Phi) is 7.69. The molecule has 0 spiro atoms. The number of H-pyrrole nitrogens is 4. The molecule has 12 heteroatoms. The highest BCUT2D eigenvalue weighted by Crippen LogP contribution is 2.36. The van der Waals surface area contributed by atoms with E-state index in [-0.39, 0.29) is 0 Å². The van der Waals surface area contributed by atoms with Gasteiger partial charge in [-0.05, 0) is 97.1 Å². The van der Waals surface area contributed by atoms with Gasteiger partial charge in [0, 0.05) is 134 Å². The van der Waals surface area contributed by atoms with Crippen molar-refractivity contribution >= 4 is 67.8 Å². The number of aromatic nitrogens is 4. The summed E-state index contributed by atoms with van der Waals surface area (Å²) in [7, 11) is 0. The van der Waals surface area contributed by atoms with Crippen molar-refractivity contribution in [2.75, 3.05) is 45.9 Å². The van der Waals surface area contributed by atoms with Gasteiger partial charge in [-0.2, -0.15) is 0 Å². The van der Waals surface area contributed by atoms with Gasteiger partial charge in [0.2, 0.25) is 0 Å². The van der Waals surface area contributed by atoms with Gasteiger partial charge in [-0.25, -0.2) is 0 Å². The van der Waals surface area contributed by atoms with E-state index in [0.29, 0.717) is 67.8 Å². The van der Waals surface area contributed by atoms with Crippen molar-refractivity contribution in [1.82, 2.24) is 19.9 Å². The van der Waals surface area contributed by atoms with E-state index in [1.165, 1.54) is 0 Å². The number of hydrogen-bond donors (Lipinski definition) is 12. The lowest BCUT2D eigenvalue weighted by Crippen LogP contribution is -2.20. The summed E-state index contributed by atoms with van der Waals surface area (Å²) in [6.45, 7) is 0. The maximum absolute atomic E-state index is 6.72. The van der Waals surface area contributed by atoms with Gasteiger partial charge in [-0.15, -0.1) is 0 Å². The van der Waals surface area contributed by atoms with Gasteiger partial charge >= 0.3 is 0 Å². The molecule has 0 atom stereocenters. The summed E-state index contributed by atoms with van der Waals surface area (Å²) >= 11 is 0. The minimum absolute atomic E-state index is 0.508. The van der Waals surface area contributed by atoms with Crippen LogP contribution in [0.15, 0.2) is 121 Å². The van der Waals surface area contributed by atoms with Gasteiger partial charge in [0.1, 0.15) is 0 Å². The minimum Gasteiger partial charge on any atom is -0.398 e. The van der Waals surface area contributed by atoms with E-state index in [9.17, 15) is 0 Å². The number of nitrogens with two attached hydrogens (primary N) is 8.